The standard InChI is InChI=1S/C19H30N2O3S/c1-4-6-8-16(5-2)14-20-25(23,24)17-10-11-18(15(3)13-17)21-12-7-9-19(21)22/h10-11,13,16,20H,4-9,12,14H2,1-3H3/t16-/m1/s1. The smallest absolute Gasteiger partial charge is 0.240 e. The first-order valence-corrected chi connectivity index (χ1v) is 10.8. The Hall–Kier alpha value is -1.40. The summed E-state index contributed by atoms with van der Waals surface area (Å²) in [4.78, 5) is 13.9. The molecule has 6 heteroatoms. The van der Waals surface area contributed by atoms with E-state index in [1.165, 1.54) is 0 Å². The molecule has 140 valence electrons. The molecule has 5 nitrogen and oxygen atoms in total. The molecule has 0 aliphatic carbocycles. The summed E-state index contributed by atoms with van der Waals surface area (Å²) in [6.07, 6.45) is 5.69. The summed E-state index contributed by atoms with van der Waals surface area (Å²) < 4.78 is 27.9. The summed E-state index contributed by atoms with van der Waals surface area (Å²) in [6.45, 7) is 7.28. The van der Waals surface area contributed by atoms with Gasteiger partial charge in [-0.2, -0.15) is 0 Å². The van der Waals surface area contributed by atoms with E-state index in [1.54, 1.807) is 23.1 Å². The zero-order valence-electron chi connectivity index (χ0n) is 15.5. The fourth-order valence-corrected chi connectivity index (χ4v) is 4.46. The lowest BCUT2D eigenvalue weighted by atomic mass is 10.00. The minimum absolute atomic E-state index is 0.110. The third-order valence-electron chi connectivity index (χ3n) is 4.95. The summed E-state index contributed by atoms with van der Waals surface area (Å²) in [6, 6.07) is 5.01. The van der Waals surface area contributed by atoms with E-state index < -0.39 is 10.0 Å². The average Bonchev–Trinajstić information content (AvgIpc) is 3.00. The maximum absolute atomic E-state index is 12.6. The van der Waals surface area contributed by atoms with Gasteiger partial charge in [-0.1, -0.05) is 33.1 Å². The van der Waals surface area contributed by atoms with Crippen molar-refractivity contribution in [3.63, 3.8) is 0 Å². The predicted octanol–water partition coefficient (Wildman–Crippen LogP) is 3.62. The summed E-state index contributed by atoms with van der Waals surface area (Å²) in [5, 5.41) is 0. The number of hydrogen-bond donors (Lipinski definition) is 1. The minimum Gasteiger partial charge on any atom is -0.312 e. The van der Waals surface area contributed by atoms with Gasteiger partial charge < -0.3 is 4.90 Å². The van der Waals surface area contributed by atoms with E-state index >= 15 is 0 Å². The summed E-state index contributed by atoms with van der Waals surface area (Å²) in [7, 11) is -3.52. The Bertz CT molecular complexity index is 701. The van der Waals surface area contributed by atoms with Gasteiger partial charge in [0.2, 0.25) is 15.9 Å². The van der Waals surface area contributed by atoms with Crippen LogP contribution in [0, 0.1) is 12.8 Å². The normalized spacial score (nSPS) is 16.4. The Morgan fingerprint density at radius 1 is 1.28 bits per heavy atom. The van der Waals surface area contributed by atoms with Gasteiger partial charge in [0.25, 0.3) is 0 Å². The van der Waals surface area contributed by atoms with Gasteiger partial charge in [0.15, 0.2) is 0 Å². The van der Waals surface area contributed by atoms with E-state index in [4.69, 9.17) is 0 Å². The van der Waals surface area contributed by atoms with Crippen LogP contribution in [0.15, 0.2) is 23.1 Å². The van der Waals surface area contributed by atoms with Gasteiger partial charge in [0.05, 0.1) is 4.90 Å². The fourth-order valence-electron chi connectivity index (χ4n) is 3.26. The van der Waals surface area contributed by atoms with Crippen molar-refractivity contribution in [2.24, 2.45) is 5.92 Å². The predicted molar refractivity (Wildman–Crippen MR) is 101 cm³/mol. The number of nitrogens with one attached hydrogen (secondary N) is 1. The van der Waals surface area contributed by atoms with Crippen molar-refractivity contribution < 1.29 is 13.2 Å². The lowest BCUT2D eigenvalue weighted by Gasteiger charge is -2.19. The third kappa shape index (κ3) is 5.05. The molecular weight excluding hydrogens is 336 g/mol. The van der Waals surface area contributed by atoms with Crippen LogP contribution in [0.3, 0.4) is 0 Å². The van der Waals surface area contributed by atoms with Crippen molar-refractivity contribution in [1.82, 2.24) is 4.72 Å². The number of carbonyl (C=O) groups excluding carboxylic acids is 1. The molecule has 1 atom stereocenters. The van der Waals surface area contributed by atoms with Crippen molar-refractivity contribution in [1.29, 1.82) is 0 Å². The zero-order chi connectivity index (χ0) is 18.4. The largest absolute Gasteiger partial charge is 0.312 e. The fraction of sp³-hybridized carbons (Fsp3) is 0.632. The van der Waals surface area contributed by atoms with Crippen LogP contribution in [0.2, 0.25) is 0 Å². The van der Waals surface area contributed by atoms with E-state index in [1.807, 2.05) is 6.92 Å². The van der Waals surface area contributed by atoms with Crippen molar-refractivity contribution in [2.75, 3.05) is 18.0 Å². The molecule has 1 aliphatic heterocycles. The maximum atomic E-state index is 12.6. The topological polar surface area (TPSA) is 66.5 Å². The Labute approximate surface area is 151 Å². The van der Waals surface area contributed by atoms with Gasteiger partial charge in [0.1, 0.15) is 0 Å². The molecule has 0 spiro atoms. The molecule has 1 fully saturated rings. The number of nitrogens with zero attached hydrogens (tertiary/aromatic N) is 1. The molecule has 0 saturated carbocycles. The van der Waals surface area contributed by atoms with E-state index in [-0.39, 0.29) is 10.8 Å². The number of sulfonamides is 1. The number of benzene rings is 1. The van der Waals surface area contributed by atoms with Crippen LogP contribution in [0.5, 0.6) is 0 Å². The van der Waals surface area contributed by atoms with E-state index in [0.29, 0.717) is 25.4 Å². The molecule has 1 saturated heterocycles. The summed E-state index contributed by atoms with van der Waals surface area (Å²) >= 11 is 0. The van der Waals surface area contributed by atoms with Crippen molar-refractivity contribution in [3.05, 3.63) is 23.8 Å². The Morgan fingerprint density at radius 2 is 2.04 bits per heavy atom. The lowest BCUT2D eigenvalue weighted by Crippen LogP contribution is -2.29. The number of rotatable bonds is 9. The molecular formula is C19H30N2O3S. The number of hydrogen-bond acceptors (Lipinski definition) is 3. The van der Waals surface area contributed by atoms with Gasteiger partial charge in [0, 0.05) is 25.2 Å². The van der Waals surface area contributed by atoms with E-state index in [2.05, 4.69) is 18.6 Å². The van der Waals surface area contributed by atoms with Crippen molar-refractivity contribution in [2.45, 2.75) is 64.2 Å². The summed E-state index contributed by atoms with van der Waals surface area (Å²) in [5.74, 6) is 0.482. The highest BCUT2D eigenvalue weighted by atomic mass is 32.2. The molecule has 2 rings (SSSR count). The molecule has 1 aliphatic rings. The highest BCUT2D eigenvalue weighted by Gasteiger charge is 2.24. The Kier molecular flexibility index (Phi) is 7.02. The zero-order valence-corrected chi connectivity index (χ0v) is 16.4. The second-order valence-electron chi connectivity index (χ2n) is 6.87. The van der Waals surface area contributed by atoms with Crippen LogP contribution in [0.1, 0.15) is 57.9 Å². The van der Waals surface area contributed by atoms with Gasteiger partial charge in [-0.3, -0.25) is 4.79 Å². The van der Waals surface area contributed by atoms with E-state index in [0.717, 1.165) is 43.4 Å². The molecule has 1 N–H and O–H groups in total. The van der Waals surface area contributed by atoms with Crippen LogP contribution >= 0.6 is 0 Å². The molecule has 25 heavy (non-hydrogen) atoms. The number of carbonyl (C=O) groups is 1. The van der Waals surface area contributed by atoms with Gasteiger partial charge in [-0.05, 0) is 49.4 Å². The highest BCUT2D eigenvalue weighted by molar-refractivity contribution is 7.89. The maximum Gasteiger partial charge on any atom is 0.240 e. The molecule has 1 heterocycles. The van der Waals surface area contributed by atoms with Crippen LogP contribution in [0.25, 0.3) is 0 Å². The first kappa shape index (κ1) is 19.9. The van der Waals surface area contributed by atoms with Crippen molar-refractivity contribution in [3.8, 4) is 0 Å². The average molecular weight is 367 g/mol. The first-order valence-electron chi connectivity index (χ1n) is 9.29. The molecule has 1 amide bonds. The molecule has 0 aromatic heterocycles. The number of amides is 1. The first-order chi connectivity index (χ1) is 11.9. The van der Waals surface area contributed by atoms with Gasteiger partial charge >= 0.3 is 0 Å². The van der Waals surface area contributed by atoms with Crippen LogP contribution in [-0.4, -0.2) is 27.4 Å². The second-order valence-corrected chi connectivity index (χ2v) is 8.63. The second kappa shape index (κ2) is 8.81. The Morgan fingerprint density at radius 3 is 2.60 bits per heavy atom. The molecule has 0 unspecified atom stereocenters. The molecule has 0 bridgehead atoms. The number of aryl methyl sites for hydroxylation is 1. The summed E-state index contributed by atoms with van der Waals surface area (Å²) in [5.41, 5.74) is 1.63. The number of unbranched alkanes of at least 4 members (excludes halogenated alkanes) is 1. The molecule has 0 radical (unpaired) electrons. The minimum atomic E-state index is -3.52. The van der Waals surface area contributed by atoms with Gasteiger partial charge in [-0.15, -0.1) is 0 Å². The van der Waals surface area contributed by atoms with Gasteiger partial charge in [-0.25, -0.2) is 13.1 Å². The SMILES string of the molecule is CCCC[C@@H](CC)CNS(=O)(=O)c1ccc(N2CCCC2=O)c(C)c1. The Balaban J connectivity index is 2.09. The molecule has 1 aromatic carbocycles. The monoisotopic (exact) mass is 366 g/mol. The molecule has 1 aromatic rings. The number of anilines is 1. The third-order valence-corrected chi connectivity index (χ3v) is 6.37. The van der Waals surface area contributed by atoms with Crippen LogP contribution < -0.4 is 9.62 Å². The lowest BCUT2D eigenvalue weighted by molar-refractivity contribution is -0.117. The quantitative estimate of drug-likeness (QED) is 0.726. The van der Waals surface area contributed by atoms with Crippen LogP contribution in [-0.2, 0) is 14.8 Å². The van der Waals surface area contributed by atoms with E-state index in [9.17, 15) is 13.2 Å². The van der Waals surface area contributed by atoms with Crippen molar-refractivity contribution >= 4 is 21.6 Å². The highest BCUT2D eigenvalue weighted by Crippen LogP contribution is 2.27. The van der Waals surface area contributed by atoms with Crippen LogP contribution in [0.4, 0.5) is 5.69 Å².